The summed E-state index contributed by atoms with van der Waals surface area (Å²) in [7, 11) is 0. The lowest BCUT2D eigenvalue weighted by atomic mass is 10.0. The van der Waals surface area contributed by atoms with E-state index < -0.39 is 11.7 Å². The second-order valence-corrected chi connectivity index (χ2v) is 2.89. The summed E-state index contributed by atoms with van der Waals surface area (Å²) >= 11 is 0. The van der Waals surface area contributed by atoms with E-state index in [0.717, 1.165) is 0 Å². The molecule has 0 aliphatic rings. The monoisotopic (exact) mass is 182 g/mol. The van der Waals surface area contributed by atoms with Crippen LogP contribution in [0.15, 0.2) is 30.3 Å². The standard InChI is InChI=1S/C9H11FN2O/c10-9(12,8(11)13)6-7-4-2-1-3-5-7/h1-5H,6,12H2,(H2,11,13). The maximum absolute atomic E-state index is 13.2. The Kier molecular flexibility index (Phi) is 2.63. The first-order valence-electron chi connectivity index (χ1n) is 3.84. The van der Waals surface area contributed by atoms with E-state index in [9.17, 15) is 9.18 Å². The lowest BCUT2D eigenvalue weighted by Crippen LogP contribution is -2.49. The summed E-state index contributed by atoms with van der Waals surface area (Å²) in [6.07, 6.45) is -0.191. The Morgan fingerprint density at radius 1 is 1.38 bits per heavy atom. The fourth-order valence-corrected chi connectivity index (χ4v) is 0.980. The molecule has 0 aromatic heterocycles. The summed E-state index contributed by atoms with van der Waals surface area (Å²) < 4.78 is 13.2. The number of carbonyl (C=O) groups is 1. The van der Waals surface area contributed by atoms with Crippen molar-refractivity contribution < 1.29 is 9.18 Å². The Bertz CT molecular complexity index is 298. The Balaban J connectivity index is 2.75. The van der Waals surface area contributed by atoms with Gasteiger partial charge in [-0.05, 0) is 5.56 Å². The molecule has 1 atom stereocenters. The minimum Gasteiger partial charge on any atom is -0.366 e. The highest BCUT2D eigenvalue weighted by atomic mass is 19.1. The Hall–Kier alpha value is -1.42. The van der Waals surface area contributed by atoms with Crippen LogP contribution in [0.2, 0.25) is 0 Å². The molecular formula is C9H11FN2O. The Morgan fingerprint density at radius 3 is 2.38 bits per heavy atom. The molecule has 0 saturated heterocycles. The molecule has 1 aromatic rings. The quantitative estimate of drug-likeness (QED) is 0.662. The first-order chi connectivity index (χ1) is 6.02. The molecule has 0 fully saturated rings. The Labute approximate surface area is 75.5 Å². The van der Waals surface area contributed by atoms with E-state index >= 15 is 0 Å². The smallest absolute Gasteiger partial charge is 0.270 e. The van der Waals surface area contributed by atoms with Gasteiger partial charge in [0.15, 0.2) is 0 Å². The topological polar surface area (TPSA) is 69.1 Å². The van der Waals surface area contributed by atoms with Crippen molar-refractivity contribution in [3.05, 3.63) is 35.9 Å². The number of amides is 1. The van der Waals surface area contributed by atoms with Crippen LogP contribution < -0.4 is 11.5 Å². The zero-order valence-corrected chi connectivity index (χ0v) is 7.03. The summed E-state index contributed by atoms with van der Waals surface area (Å²) in [4.78, 5) is 10.5. The molecule has 0 saturated carbocycles. The number of hydrogen-bond acceptors (Lipinski definition) is 2. The zero-order valence-electron chi connectivity index (χ0n) is 7.03. The van der Waals surface area contributed by atoms with Gasteiger partial charge in [-0.1, -0.05) is 30.3 Å². The van der Waals surface area contributed by atoms with Gasteiger partial charge in [0.05, 0.1) is 0 Å². The fraction of sp³-hybridized carbons (Fsp3) is 0.222. The van der Waals surface area contributed by atoms with Crippen molar-refractivity contribution >= 4 is 5.91 Å². The van der Waals surface area contributed by atoms with Crippen LogP contribution in [0.1, 0.15) is 5.56 Å². The molecule has 1 unspecified atom stereocenters. The van der Waals surface area contributed by atoms with Gasteiger partial charge in [0, 0.05) is 6.42 Å². The number of primary amides is 1. The molecule has 4 N–H and O–H groups in total. The molecule has 1 amide bonds. The largest absolute Gasteiger partial charge is 0.366 e. The maximum Gasteiger partial charge on any atom is 0.270 e. The fourth-order valence-electron chi connectivity index (χ4n) is 0.980. The van der Waals surface area contributed by atoms with E-state index in [4.69, 9.17) is 11.5 Å². The van der Waals surface area contributed by atoms with Crippen LogP contribution in [-0.2, 0) is 11.2 Å². The second kappa shape index (κ2) is 3.53. The number of rotatable bonds is 3. The molecule has 0 aliphatic carbocycles. The molecule has 1 rings (SSSR count). The third kappa shape index (κ3) is 2.52. The molecule has 0 spiro atoms. The molecule has 4 heteroatoms. The predicted octanol–water partition coefficient (Wildman–Crippen LogP) is 0.339. The Morgan fingerprint density at radius 2 is 1.92 bits per heavy atom. The van der Waals surface area contributed by atoms with E-state index in [2.05, 4.69) is 0 Å². The third-order valence-electron chi connectivity index (χ3n) is 1.71. The zero-order chi connectivity index (χ0) is 9.90. The number of carbonyl (C=O) groups excluding carboxylic acids is 1. The number of hydrogen-bond donors (Lipinski definition) is 2. The van der Waals surface area contributed by atoms with Crippen LogP contribution in [0.5, 0.6) is 0 Å². The number of benzene rings is 1. The molecule has 13 heavy (non-hydrogen) atoms. The van der Waals surface area contributed by atoms with Crippen molar-refractivity contribution in [1.29, 1.82) is 0 Å². The molecule has 0 aliphatic heterocycles. The van der Waals surface area contributed by atoms with Gasteiger partial charge < -0.3 is 5.73 Å². The summed E-state index contributed by atoms with van der Waals surface area (Å²) in [6.45, 7) is 0. The van der Waals surface area contributed by atoms with E-state index in [1.165, 1.54) is 0 Å². The summed E-state index contributed by atoms with van der Waals surface area (Å²) in [5.41, 5.74) is 10.5. The molecule has 0 heterocycles. The normalized spacial score (nSPS) is 14.9. The number of halogens is 1. The molecule has 3 nitrogen and oxygen atoms in total. The SMILES string of the molecule is NC(=O)C(N)(F)Cc1ccccc1. The second-order valence-electron chi connectivity index (χ2n) is 2.89. The van der Waals surface area contributed by atoms with Crippen LogP contribution in [0.3, 0.4) is 0 Å². The van der Waals surface area contributed by atoms with Crippen molar-refractivity contribution in [2.24, 2.45) is 11.5 Å². The van der Waals surface area contributed by atoms with Gasteiger partial charge in [-0.15, -0.1) is 0 Å². The van der Waals surface area contributed by atoms with Crippen LogP contribution in [-0.4, -0.2) is 11.7 Å². The highest BCUT2D eigenvalue weighted by Gasteiger charge is 2.31. The number of alkyl halides is 1. The van der Waals surface area contributed by atoms with Crippen molar-refractivity contribution in [3.63, 3.8) is 0 Å². The van der Waals surface area contributed by atoms with Crippen molar-refractivity contribution in [2.45, 2.75) is 12.2 Å². The predicted molar refractivity (Wildman–Crippen MR) is 47.4 cm³/mol. The van der Waals surface area contributed by atoms with Crippen molar-refractivity contribution in [1.82, 2.24) is 0 Å². The van der Waals surface area contributed by atoms with Crippen molar-refractivity contribution in [3.8, 4) is 0 Å². The van der Waals surface area contributed by atoms with Crippen LogP contribution >= 0.6 is 0 Å². The molecule has 0 radical (unpaired) electrons. The highest BCUT2D eigenvalue weighted by Crippen LogP contribution is 2.11. The van der Waals surface area contributed by atoms with E-state index in [-0.39, 0.29) is 6.42 Å². The number of nitrogens with two attached hydrogens (primary N) is 2. The summed E-state index contributed by atoms with van der Waals surface area (Å²) in [5, 5.41) is 0. The minimum absolute atomic E-state index is 0.191. The average molecular weight is 182 g/mol. The van der Waals surface area contributed by atoms with E-state index in [1.54, 1.807) is 30.3 Å². The first kappa shape index (κ1) is 9.67. The van der Waals surface area contributed by atoms with Gasteiger partial charge in [0.2, 0.25) is 5.79 Å². The van der Waals surface area contributed by atoms with E-state index in [0.29, 0.717) is 5.56 Å². The van der Waals surface area contributed by atoms with Crippen LogP contribution in [0, 0.1) is 0 Å². The third-order valence-corrected chi connectivity index (χ3v) is 1.71. The molecule has 1 aromatic carbocycles. The molecule has 0 bridgehead atoms. The van der Waals surface area contributed by atoms with E-state index in [1.807, 2.05) is 0 Å². The van der Waals surface area contributed by atoms with Gasteiger partial charge in [0.25, 0.3) is 5.91 Å². The summed E-state index contributed by atoms with van der Waals surface area (Å²) in [5.74, 6) is -3.60. The maximum atomic E-state index is 13.2. The van der Waals surface area contributed by atoms with Gasteiger partial charge in [0.1, 0.15) is 0 Å². The van der Waals surface area contributed by atoms with Crippen molar-refractivity contribution in [2.75, 3.05) is 0 Å². The average Bonchev–Trinajstić information content (AvgIpc) is 2.05. The molecular weight excluding hydrogens is 171 g/mol. The van der Waals surface area contributed by atoms with Gasteiger partial charge in [-0.2, -0.15) is 0 Å². The minimum atomic E-state index is -2.46. The summed E-state index contributed by atoms with van der Waals surface area (Å²) in [6, 6.07) is 8.65. The van der Waals surface area contributed by atoms with Gasteiger partial charge in [-0.3, -0.25) is 10.5 Å². The van der Waals surface area contributed by atoms with Crippen LogP contribution in [0.25, 0.3) is 0 Å². The van der Waals surface area contributed by atoms with Gasteiger partial charge in [-0.25, -0.2) is 4.39 Å². The lowest BCUT2D eigenvalue weighted by Gasteiger charge is -2.15. The lowest BCUT2D eigenvalue weighted by molar-refractivity contribution is -0.129. The highest BCUT2D eigenvalue weighted by molar-refractivity contribution is 5.82. The molecule has 70 valence electrons. The van der Waals surface area contributed by atoms with Crippen LogP contribution in [0.4, 0.5) is 4.39 Å². The van der Waals surface area contributed by atoms with Gasteiger partial charge >= 0.3 is 0 Å². The first-order valence-corrected chi connectivity index (χ1v) is 3.84.